The molecule has 1 N–H and O–H groups in total. The zero-order valence-corrected chi connectivity index (χ0v) is 18.4. The number of aryl methyl sites for hydroxylation is 3. The highest BCUT2D eigenvalue weighted by Gasteiger charge is 2.67. The second-order valence-electron chi connectivity index (χ2n) is 9.22. The van der Waals surface area contributed by atoms with Crippen molar-refractivity contribution in [1.82, 2.24) is 19.8 Å². The fourth-order valence-corrected chi connectivity index (χ4v) is 5.22. The van der Waals surface area contributed by atoms with Crippen molar-refractivity contribution in [2.75, 3.05) is 13.6 Å². The molecule has 5 rings (SSSR count). The normalized spacial score (nSPS) is 28.5. The molecule has 4 atom stereocenters. The smallest absolute Gasteiger partial charge is 0.230 e. The van der Waals surface area contributed by atoms with Crippen molar-refractivity contribution in [2.45, 2.75) is 45.6 Å². The van der Waals surface area contributed by atoms with Crippen LogP contribution in [0, 0.1) is 32.6 Å². The maximum Gasteiger partial charge on any atom is 0.230 e. The van der Waals surface area contributed by atoms with Crippen LogP contribution in [-0.2, 0) is 27.4 Å². The second kappa shape index (κ2) is 7.05. The number of hydrogen-bond acceptors (Lipinski definition) is 4. The lowest BCUT2D eigenvalue weighted by Crippen LogP contribution is -2.44. The topological polar surface area (TPSA) is 78.5 Å². The Morgan fingerprint density at radius 2 is 2.13 bits per heavy atom. The molecule has 0 unspecified atom stereocenters. The highest BCUT2D eigenvalue weighted by atomic mass is 16.5. The van der Waals surface area contributed by atoms with Crippen molar-refractivity contribution < 1.29 is 14.3 Å². The van der Waals surface area contributed by atoms with Gasteiger partial charge in [-0.15, -0.1) is 0 Å². The van der Waals surface area contributed by atoms with Crippen LogP contribution in [0.25, 0.3) is 0 Å². The van der Waals surface area contributed by atoms with Gasteiger partial charge in [0.05, 0.1) is 31.0 Å². The van der Waals surface area contributed by atoms with Gasteiger partial charge in [-0.05, 0) is 37.5 Å². The van der Waals surface area contributed by atoms with E-state index < -0.39 is 17.4 Å². The predicted octanol–water partition coefficient (Wildman–Crippen LogP) is 2.28. The monoisotopic (exact) mass is 420 g/mol. The molecule has 2 saturated heterocycles. The van der Waals surface area contributed by atoms with Crippen LogP contribution >= 0.6 is 0 Å². The molecule has 2 aromatic rings. The van der Waals surface area contributed by atoms with E-state index in [-0.39, 0.29) is 17.9 Å². The van der Waals surface area contributed by atoms with Crippen molar-refractivity contribution in [2.24, 2.45) is 11.8 Å². The molecule has 7 nitrogen and oxygen atoms in total. The Hall–Kier alpha value is -2.93. The van der Waals surface area contributed by atoms with E-state index in [1.54, 1.807) is 18.1 Å². The number of carbonyl (C=O) groups is 2. The van der Waals surface area contributed by atoms with Crippen molar-refractivity contribution in [1.29, 1.82) is 0 Å². The minimum absolute atomic E-state index is 0.00525. The van der Waals surface area contributed by atoms with Gasteiger partial charge in [0.15, 0.2) is 0 Å². The maximum absolute atomic E-state index is 13.4. The number of nitrogens with zero attached hydrogens (tertiary/aromatic N) is 3. The standard InChI is InChI=1S/C24H28N4O3/c1-14-5-6-17(9-15(14)2)11-28-13-24-8-7-18(31-24)20(21(24)23(28)30)22(29)27(4)12-19-25-10-16(3)26-19/h5-10,18,20-21H,11-13H2,1-4H3,(H,25,26)/t18-,20+,21+,24-/m0/s1. The summed E-state index contributed by atoms with van der Waals surface area (Å²) in [5.41, 5.74) is 3.80. The molecule has 31 heavy (non-hydrogen) atoms. The number of carbonyl (C=O) groups excluding carboxylic acids is 2. The van der Waals surface area contributed by atoms with Crippen LogP contribution in [0.15, 0.2) is 36.5 Å². The number of aromatic amines is 1. The number of ether oxygens (including phenoxy) is 1. The van der Waals surface area contributed by atoms with E-state index in [2.05, 4.69) is 42.0 Å². The van der Waals surface area contributed by atoms with Gasteiger partial charge in [0.25, 0.3) is 0 Å². The molecule has 0 saturated carbocycles. The molecule has 162 valence electrons. The third kappa shape index (κ3) is 3.19. The SMILES string of the molecule is Cc1cnc(CN(C)C(=O)[C@@H]2[C@@H]3C=C[C@@]4(CN(Cc5ccc(C)c(C)c5)C(=O)[C@@H]24)O3)[nH]1. The van der Waals surface area contributed by atoms with Gasteiger partial charge in [-0.3, -0.25) is 9.59 Å². The number of amides is 2. The lowest BCUT2D eigenvalue weighted by Gasteiger charge is -2.27. The van der Waals surface area contributed by atoms with Gasteiger partial charge >= 0.3 is 0 Å². The van der Waals surface area contributed by atoms with E-state index in [4.69, 9.17) is 4.74 Å². The Balaban J connectivity index is 1.35. The average molecular weight is 421 g/mol. The number of imidazole rings is 1. The first kappa shape index (κ1) is 20.0. The summed E-state index contributed by atoms with van der Waals surface area (Å²) >= 11 is 0. The van der Waals surface area contributed by atoms with E-state index in [1.165, 1.54) is 11.1 Å². The Bertz CT molecular complexity index is 1090. The van der Waals surface area contributed by atoms with E-state index in [1.807, 2.05) is 24.0 Å². The molecule has 2 amide bonds. The summed E-state index contributed by atoms with van der Waals surface area (Å²) in [5, 5.41) is 0. The van der Waals surface area contributed by atoms with Crippen LogP contribution in [-0.4, -0.2) is 56.9 Å². The summed E-state index contributed by atoms with van der Waals surface area (Å²) < 4.78 is 6.26. The quantitative estimate of drug-likeness (QED) is 0.753. The van der Waals surface area contributed by atoms with Gasteiger partial charge in [-0.25, -0.2) is 4.98 Å². The Morgan fingerprint density at radius 1 is 1.32 bits per heavy atom. The van der Waals surface area contributed by atoms with Crippen molar-refractivity contribution in [3.05, 3.63) is 64.8 Å². The van der Waals surface area contributed by atoms with Gasteiger partial charge in [-0.2, -0.15) is 0 Å². The van der Waals surface area contributed by atoms with Gasteiger partial charge in [0.1, 0.15) is 11.4 Å². The highest BCUT2D eigenvalue weighted by Crippen LogP contribution is 2.52. The summed E-state index contributed by atoms with van der Waals surface area (Å²) in [4.78, 5) is 37.8. The van der Waals surface area contributed by atoms with Crippen LogP contribution in [0.5, 0.6) is 0 Å². The number of likely N-dealkylation sites (tertiary alicyclic amines) is 1. The summed E-state index contributed by atoms with van der Waals surface area (Å²) in [7, 11) is 1.76. The molecule has 2 fully saturated rings. The van der Waals surface area contributed by atoms with Gasteiger partial charge < -0.3 is 19.5 Å². The van der Waals surface area contributed by atoms with Crippen LogP contribution in [0.2, 0.25) is 0 Å². The number of hydrogen-bond donors (Lipinski definition) is 1. The molecule has 1 spiro atoms. The van der Waals surface area contributed by atoms with Crippen molar-refractivity contribution >= 4 is 11.8 Å². The van der Waals surface area contributed by atoms with Gasteiger partial charge in [0.2, 0.25) is 11.8 Å². The first-order valence-electron chi connectivity index (χ1n) is 10.7. The number of fused-ring (bicyclic) bond motifs is 1. The summed E-state index contributed by atoms with van der Waals surface area (Å²) in [6.07, 6.45) is 5.36. The largest absolute Gasteiger partial charge is 0.360 e. The number of rotatable bonds is 5. The molecular formula is C24H28N4O3. The van der Waals surface area contributed by atoms with E-state index in [0.717, 1.165) is 17.1 Å². The highest BCUT2D eigenvalue weighted by molar-refractivity contribution is 5.93. The maximum atomic E-state index is 13.4. The van der Waals surface area contributed by atoms with E-state index in [0.29, 0.717) is 19.6 Å². The zero-order valence-electron chi connectivity index (χ0n) is 18.4. The number of benzene rings is 1. The molecule has 7 heteroatoms. The van der Waals surface area contributed by atoms with Crippen LogP contribution in [0.3, 0.4) is 0 Å². The summed E-state index contributed by atoms with van der Waals surface area (Å²) in [6, 6.07) is 6.28. The van der Waals surface area contributed by atoms with Gasteiger partial charge in [-0.1, -0.05) is 30.4 Å². The predicted molar refractivity (Wildman–Crippen MR) is 115 cm³/mol. The summed E-state index contributed by atoms with van der Waals surface area (Å²) in [5.74, 6) is -0.301. The van der Waals surface area contributed by atoms with Crippen molar-refractivity contribution in [3.63, 3.8) is 0 Å². The minimum atomic E-state index is -0.691. The number of nitrogens with one attached hydrogen (secondary N) is 1. The molecule has 2 bridgehead atoms. The fraction of sp³-hybridized carbons (Fsp3) is 0.458. The number of H-pyrrole nitrogens is 1. The first-order valence-corrected chi connectivity index (χ1v) is 10.7. The van der Waals surface area contributed by atoms with Crippen molar-refractivity contribution in [3.8, 4) is 0 Å². The molecule has 0 aliphatic carbocycles. The molecule has 3 aliphatic heterocycles. The van der Waals surface area contributed by atoms with E-state index >= 15 is 0 Å². The molecule has 1 aromatic heterocycles. The third-order valence-electron chi connectivity index (χ3n) is 6.93. The fourth-order valence-electron chi connectivity index (χ4n) is 5.22. The second-order valence-corrected chi connectivity index (χ2v) is 9.22. The number of aromatic nitrogens is 2. The first-order chi connectivity index (χ1) is 14.8. The lowest BCUT2D eigenvalue weighted by atomic mass is 9.76. The Labute approximate surface area is 182 Å². The average Bonchev–Trinajstić information content (AvgIpc) is 3.46. The Kier molecular flexibility index (Phi) is 4.55. The Morgan fingerprint density at radius 3 is 2.84 bits per heavy atom. The zero-order chi connectivity index (χ0) is 21.9. The minimum Gasteiger partial charge on any atom is -0.360 e. The van der Waals surface area contributed by atoms with Crippen LogP contribution < -0.4 is 0 Å². The van der Waals surface area contributed by atoms with Crippen LogP contribution in [0.4, 0.5) is 0 Å². The third-order valence-corrected chi connectivity index (χ3v) is 6.93. The lowest BCUT2D eigenvalue weighted by molar-refractivity contribution is -0.143. The summed E-state index contributed by atoms with van der Waals surface area (Å²) in [6.45, 7) is 7.48. The van der Waals surface area contributed by atoms with Gasteiger partial charge in [0, 0.05) is 25.5 Å². The van der Waals surface area contributed by atoms with Crippen LogP contribution in [0.1, 0.15) is 28.2 Å². The molecule has 4 heterocycles. The van der Waals surface area contributed by atoms with E-state index in [9.17, 15) is 9.59 Å². The molecule has 0 radical (unpaired) electrons. The molecular weight excluding hydrogens is 392 g/mol. The molecule has 1 aromatic carbocycles. The molecule has 3 aliphatic rings.